The molecule has 0 heterocycles. The Balaban J connectivity index is 1.71. The van der Waals surface area contributed by atoms with Crippen LogP contribution in [0.3, 0.4) is 0 Å². The summed E-state index contributed by atoms with van der Waals surface area (Å²) in [5, 5.41) is 3.49. The Hall–Kier alpha value is -2.80. The summed E-state index contributed by atoms with van der Waals surface area (Å²) >= 11 is 0. The van der Waals surface area contributed by atoms with Crippen LogP contribution in [0.4, 0.5) is 5.69 Å². The molecule has 0 fully saturated rings. The predicted molar refractivity (Wildman–Crippen MR) is 100 cm³/mol. The largest absolute Gasteiger partial charge is 0.381 e. The summed E-state index contributed by atoms with van der Waals surface area (Å²) in [4.78, 5) is 0. The predicted octanol–water partition coefficient (Wildman–Crippen LogP) is 6.00. The van der Waals surface area contributed by atoms with E-state index in [0.29, 0.717) is 0 Å². The average molecular weight is 299 g/mol. The van der Waals surface area contributed by atoms with Crippen molar-refractivity contribution in [1.29, 1.82) is 0 Å². The number of hydrogen-bond donors (Lipinski definition) is 1. The van der Waals surface area contributed by atoms with E-state index >= 15 is 0 Å². The molecule has 1 heteroatoms. The van der Waals surface area contributed by atoms with Gasteiger partial charge in [-0.1, -0.05) is 78.9 Å². The van der Waals surface area contributed by atoms with Crippen LogP contribution in [-0.4, -0.2) is 0 Å². The smallest absolute Gasteiger partial charge is 0.0406 e. The third-order valence-electron chi connectivity index (χ3n) is 3.95. The molecule has 0 aliphatic heterocycles. The first-order valence-electron chi connectivity index (χ1n) is 7.87. The molecule has 0 aliphatic rings. The van der Waals surface area contributed by atoms with Gasteiger partial charge in [-0.05, 0) is 41.3 Å². The van der Waals surface area contributed by atoms with E-state index < -0.39 is 0 Å². The van der Waals surface area contributed by atoms with E-state index in [4.69, 9.17) is 0 Å². The first-order chi connectivity index (χ1) is 11.2. The van der Waals surface area contributed by atoms with Gasteiger partial charge in [0.1, 0.15) is 0 Å². The van der Waals surface area contributed by atoms with E-state index in [9.17, 15) is 0 Å². The summed E-state index contributed by atoms with van der Waals surface area (Å²) in [6.45, 7) is 6.91. The summed E-state index contributed by atoms with van der Waals surface area (Å²) in [6.07, 6.45) is 0. The summed E-state index contributed by atoms with van der Waals surface area (Å²) in [5.41, 5.74) is 7.20. The summed E-state index contributed by atoms with van der Waals surface area (Å²) in [5.74, 6) is 0. The Labute approximate surface area is 138 Å². The zero-order valence-electron chi connectivity index (χ0n) is 13.4. The molecule has 3 rings (SSSR count). The van der Waals surface area contributed by atoms with Crippen LogP contribution in [0.5, 0.6) is 0 Å². The van der Waals surface area contributed by atoms with Crippen LogP contribution in [0.25, 0.3) is 16.7 Å². The quantitative estimate of drug-likeness (QED) is 0.609. The topological polar surface area (TPSA) is 12.0 Å². The van der Waals surface area contributed by atoms with Crippen LogP contribution < -0.4 is 5.32 Å². The second-order valence-corrected chi connectivity index (χ2v) is 5.73. The third kappa shape index (κ3) is 3.70. The lowest BCUT2D eigenvalue weighted by molar-refractivity contribution is 1.14. The summed E-state index contributed by atoms with van der Waals surface area (Å²) in [6, 6.07) is 27.4. The average Bonchev–Trinajstić information content (AvgIpc) is 2.61. The lowest BCUT2D eigenvalue weighted by atomic mass is 10.0. The molecule has 1 nitrogen and oxygen atoms in total. The molecular formula is C22H21N. The van der Waals surface area contributed by atoms with Crippen molar-refractivity contribution < 1.29 is 0 Å². The van der Waals surface area contributed by atoms with Crippen molar-refractivity contribution in [3.8, 4) is 11.1 Å². The lowest BCUT2D eigenvalue weighted by Crippen LogP contribution is -2.01. The van der Waals surface area contributed by atoms with Crippen molar-refractivity contribution in [3.63, 3.8) is 0 Å². The van der Waals surface area contributed by atoms with Gasteiger partial charge in [0.05, 0.1) is 0 Å². The standard InChI is InChI=1S/C22H21N/c1-17(2)22-11-7-6-10-20(22)16-23-21-14-12-19(13-15-21)18-8-4-3-5-9-18/h3-15,23H,1,16H2,2H3. The Morgan fingerprint density at radius 1 is 0.783 bits per heavy atom. The van der Waals surface area contributed by atoms with Gasteiger partial charge in [0.15, 0.2) is 0 Å². The molecule has 0 aliphatic carbocycles. The zero-order chi connectivity index (χ0) is 16.1. The highest BCUT2D eigenvalue weighted by Gasteiger charge is 2.02. The maximum absolute atomic E-state index is 4.06. The van der Waals surface area contributed by atoms with Crippen LogP contribution >= 0.6 is 0 Å². The fourth-order valence-electron chi connectivity index (χ4n) is 2.70. The maximum Gasteiger partial charge on any atom is 0.0406 e. The molecule has 3 aromatic rings. The minimum atomic E-state index is 0.799. The van der Waals surface area contributed by atoms with Gasteiger partial charge in [0.2, 0.25) is 0 Å². The Morgan fingerprint density at radius 2 is 1.39 bits per heavy atom. The molecule has 0 amide bonds. The normalized spacial score (nSPS) is 10.3. The minimum absolute atomic E-state index is 0.799. The fourth-order valence-corrected chi connectivity index (χ4v) is 2.70. The Kier molecular flexibility index (Phi) is 4.58. The number of hydrogen-bond acceptors (Lipinski definition) is 1. The van der Waals surface area contributed by atoms with Gasteiger partial charge in [0.25, 0.3) is 0 Å². The molecular weight excluding hydrogens is 278 g/mol. The fraction of sp³-hybridized carbons (Fsp3) is 0.0909. The third-order valence-corrected chi connectivity index (χ3v) is 3.95. The first kappa shape index (κ1) is 15.1. The molecule has 3 aromatic carbocycles. The van der Waals surface area contributed by atoms with Crippen molar-refractivity contribution in [2.75, 3.05) is 5.32 Å². The van der Waals surface area contributed by atoms with Gasteiger partial charge >= 0.3 is 0 Å². The molecule has 0 unspecified atom stereocenters. The van der Waals surface area contributed by atoms with Crippen molar-refractivity contribution in [2.45, 2.75) is 13.5 Å². The van der Waals surface area contributed by atoms with Crippen LogP contribution in [0.2, 0.25) is 0 Å². The number of rotatable bonds is 5. The van der Waals surface area contributed by atoms with Gasteiger partial charge in [-0.15, -0.1) is 0 Å². The van der Waals surface area contributed by atoms with Gasteiger partial charge in [-0.3, -0.25) is 0 Å². The van der Waals surface area contributed by atoms with Crippen LogP contribution in [0.1, 0.15) is 18.1 Å². The van der Waals surface area contributed by atoms with E-state index in [1.54, 1.807) is 0 Å². The van der Waals surface area contributed by atoms with Crippen LogP contribution in [-0.2, 0) is 6.54 Å². The molecule has 1 N–H and O–H groups in total. The van der Waals surface area contributed by atoms with Crippen molar-refractivity contribution in [2.24, 2.45) is 0 Å². The van der Waals surface area contributed by atoms with Crippen molar-refractivity contribution >= 4 is 11.3 Å². The monoisotopic (exact) mass is 299 g/mol. The van der Waals surface area contributed by atoms with E-state index in [1.165, 1.54) is 22.3 Å². The first-order valence-corrected chi connectivity index (χ1v) is 7.87. The van der Waals surface area contributed by atoms with Gasteiger partial charge < -0.3 is 5.32 Å². The lowest BCUT2D eigenvalue weighted by Gasteiger charge is -2.12. The van der Waals surface area contributed by atoms with Crippen LogP contribution in [0.15, 0.2) is 85.4 Å². The molecule has 0 bridgehead atoms. The summed E-state index contributed by atoms with van der Waals surface area (Å²) < 4.78 is 0. The number of nitrogens with one attached hydrogen (secondary N) is 1. The highest BCUT2D eigenvalue weighted by molar-refractivity contribution is 5.67. The summed E-state index contributed by atoms with van der Waals surface area (Å²) in [7, 11) is 0. The zero-order valence-corrected chi connectivity index (χ0v) is 13.4. The molecule has 0 radical (unpaired) electrons. The molecule has 23 heavy (non-hydrogen) atoms. The molecule has 0 spiro atoms. The molecule has 0 saturated heterocycles. The Morgan fingerprint density at radius 3 is 2.09 bits per heavy atom. The minimum Gasteiger partial charge on any atom is -0.381 e. The second-order valence-electron chi connectivity index (χ2n) is 5.73. The maximum atomic E-state index is 4.06. The highest BCUT2D eigenvalue weighted by atomic mass is 14.9. The SMILES string of the molecule is C=C(C)c1ccccc1CNc1ccc(-c2ccccc2)cc1. The van der Waals surface area contributed by atoms with Gasteiger partial charge in [-0.2, -0.15) is 0 Å². The van der Waals surface area contributed by atoms with E-state index in [1.807, 2.05) is 13.0 Å². The van der Waals surface area contributed by atoms with Crippen LogP contribution in [0, 0.1) is 0 Å². The second kappa shape index (κ2) is 6.97. The van der Waals surface area contributed by atoms with E-state index in [2.05, 4.69) is 84.7 Å². The number of allylic oxidation sites excluding steroid dienone is 1. The number of benzene rings is 3. The molecule has 0 aromatic heterocycles. The van der Waals surface area contributed by atoms with E-state index in [-0.39, 0.29) is 0 Å². The van der Waals surface area contributed by atoms with Crippen molar-refractivity contribution in [1.82, 2.24) is 0 Å². The molecule has 114 valence electrons. The van der Waals surface area contributed by atoms with Gasteiger partial charge in [-0.25, -0.2) is 0 Å². The molecule has 0 atom stereocenters. The van der Waals surface area contributed by atoms with Gasteiger partial charge in [0, 0.05) is 12.2 Å². The highest BCUT2D eigenvalue weighted by Crippen LogP contribution is 2.22. The van der Waals surface area contributed by atoms with E-state index in [0.717, 1.165) is 17.8 Å². The Bertz CT molecular complexity index is 786. The molecule has 0 saturated carbocycles. The van der Waals surface area contributed by atoms with Crippen molar-refractivity contribution in [3.05, 3.63) is 96.6 Å². The number of anilines is 1.